The molecule has 1 heterocycles. The molecule has 7 heteroatoms. The first kappa shape index (κ1) is 20.7. The molecule has 6 nitrogen and oxygen atoms in total. The number of sulfone groups is 1. The number of nitrogens with zero attached hydrogens (tertiary/aromatic N) is 3. The van der Waals surface area contributed by atoms with E-state index < -0.39 is 15.1 Å². The first-order valence-electron chi connectivity index (χ1n) is 9.47. The molecule has 0 saturated carbocycles. The molecule has 2 unspecified atom stereocenters. The Bertz CT molecular complexity index is 1170. The van der Waals surface area contributed by atoms with Crippen LogP contribution in [-0.2, 0) is 9.84 Å². The van der Waals surface area contributed by atoms with Crippen LogP contribution in [0.4, 0.5) is 5.82 Å². The molecular weight excluding hydrogens is 384 g/mol. The van der Waals surface area contributed by atoms with Crippen LogP contribution in [0.15, 0.2) is 53.4 Å². The predicted octanol–water partition coefficient (Wildman–Crippen LogP) is 4.43. The number of hydrogen-bond acceptors (Lipinski definition) is 6. The van der Waals surface area contributed by atoms with E-state index in [4.69, 9.17) is 0 Å². The van der Waals surface area contributed by atoms with Crippen molar-refractivity contribution in [2.45, 2.75) is 43.9 Å². The standard InChI is InChI=1S/C22H24N4O2S/c1-14(2)16(4)24-22-21(25-18-7-5-6-8-19(18)26-22)20(13-23)29(27,28)17-11-9-15(3)10-12-17/h5-12,14,16,20H,1-4H3,(H,24,26). The molecule has 0 fully saturated rings. The molecule has 0 saturated heterocycles. The number of fused-ring (bicyclic) bond motifs is 1. The van der Waals surface area contributed by atoms with Gasteiger partial charge >= 0.3 is 0 Å². The van der Waals surface area contributed by atoms with Crippen molar-refractivity contribution < 1.29 is 8.42 Å². The minimum absolute atomic E-state index is 0.0191. The molecule has 2 aromatic carbocycles. The number of aryl methyl sites for hydroxylation is 1. The van der Waals surface area contributed by atoms with Gasteiger partial charge in [-0.3, -0.25) is 0 Å². The van der Waals surface area contributed by atoms with E-state index in [2.05, 4.69) is 29.1 Å². The summed E-state index contributed by atoms with van der Waals surface area (Å²) in [5.41, 5.74) is 2.25. The smallest absolute Gasteiger partial charge is 0.200 e. The molecule has 0 amide bonds. The summed E-state index contributed by atoms with van der Waals surface area (Å²) < 4.78 is 26.5. The number of aromatic nitrogens is 2. The third-order valence-corrected chi connectivity index (χ3v) is 6.87. The highest BCUT2D eigenvalue weighted by atomic mass is 32.2. The fourth-order valence-electron chi connectivity index (χ4n) is 2.83. The summed E-state index contributed by atoms with van der Waals surface area (Å²) in [7, 11) is -3.97. The minimum Gasteiger partial charge on any atom is -0.366 e. The Labute approximate surface area is 171 Å². The van der Waals surface area contributed by atoms with E-state index in [0.29, 0.717) is 16.9 Å². The van der Waals surface area contributed by atoms with Crippen molar-refractivity contribution in [1.29, 1.82) is 5.26 Å². The van der Waals surface area contributed by atoms with Crippen LogP contribution in [0, 0.1) is 24.2 Å². The highest BCUT2D eigenvalue weighted by Gasteiger charge is 2.34. The Kier molecular flexibility index (Phi) is 5.85. The summed E-state index contributed by atoms with van der Waals surface area (Å²) in [6.45, 7) is 7.97. The summed E-state index contributed by atoms with van der Waals surface area (Å²) in [5, 5.41) is 11.6. The van der Waals surface area contributed by atoms with E-state index >= 15 is 0 Å². The number of para-hydroxylation sites is 2. The number of anilines is 1. The molecule has 0 aliphatic rings. The lowest BCUT2D eigenvalue weighted by molar-refractivity contribution is 0.557. The minimum atomic E-state index is -3.97. The number of nitrogens with one attached hydrogen (secondary N) is 1. The van der Waals surface area contributed by atoms with Gasteiger partial charge in [-0.25, -0.2) is 18.4 Å². The Morgan fingerprint density at radius 2 is 1.55 bits per heavy atom. The normalized spacial score (nSPS) is 13.8. The maximum absolute atomic E-state index is 13.3. The Morgan fingerprint density at radius 1 is 0.966 bits per heavy atom. The zero-order valence-corrected chi connectivity index (χ0v) is 17.7. The quantitative estimate of drug-likeness (QED) is 0.648. The van der Waals surface area contributed by atoms with Crippen molar-refractivity contribution in [3.8, 4) is 6.07 Å². The first-order valence-corrected chi connectivity index (χ1v) is 11.0. The van der Waals surface area contributed by atoms with E-state index in [9.17, 15) is 13.7 Å². The molecule has 0 aliphatic heterocycles. The van der Waals surface area contributed by atoms with Gasteiger partial charge in [0.1, 0.15) is 5.69 Å². The molecule has 1 N–H and O–H groups in total. The third kappa shape index (κ3) is 4.22. The molecule has 150 valence electrons. The van der Waals surface area contributed by atoms with Crippen LogP contribution in [-0.4, -0.2) is 24.4 Å². The van der Waals surface area contributed by atoms with Crippen molar-refractivity contribution in [3.05, 3.63) is 59.8 Å². The molecule has 3 rings (SSSR count). The van der Waals surface area contributed by atoms with Crippen LogP contribution >= 0.6 is 0 Å². The van der Waals surface area contributed by atoms with Crippen LogP contribution < -0.4 is 5.32 Å². The second-order valence-electron chi connectivity index (χ2n) is 7.49. The van der Waals surface area contributed by atoms with Crippen LogP contribution in [0.5, 0.6) is 0 Å². The SMILES string of the molecule is Cc1ccc(S(=O)(=O)C(C#N)c2nc3ccccc3nc2NC(C)C(C)C)cc1. The van der Waals surface area contributed by atoms with Gasteiger partial charge in [0.15, 0.2) is 11.1 Å². The number of hydrogen-bond donors (Lipinski definition) is 1. The number of nitriles is 1. The summed E-state index contributed by atoms with van der Waals surface area (Å²) in [6, 6.07) is 15.7. The van der Waals surface area contributed by atoms with Crippen molar-refractivity contribution >= 4 is 26.7 Å². The van der Waals surface area contributed by atoms with Crippen molar-refractivity contribution in [3.63, 3.8) is 0 Å². The number of rotatable bonds is 6. The van der Waals surface area contributed by atoms with Gasteiger partial charge in [0.2, 0.25) is 9.84 Å². The monoisotopic (exact) mass is 408 g/mol. The lowest BCUT2D eigenvalue weighted by Gasteiger charge is -2.21. The zero-order chi connectivity index (χ0) is 21.2. The Hall–Kier alpha value is -2.98. The topological polar surface area (TPSA) is 95.7 Å². The van der Waals surface area contributed by atoms with Crippen molar-refractivity contribution in [2.24, 2.45) is 5.92 Å². The summed E-state index contributed by atoms with van der Waals surface area (Å²) in [5.74, 6) is 0.609. The van der Waals surface area contributed by atoms with Gasteiger partial charge in [-0.1, -0.05) is 43.7 Å². The second-order valence-corrected chi connectivity index (χ2v) is 9.52. The second kappa shape index (κ2) is 8.18. The fourth-order valence-corrected chi connectivity index (χ4v) is 4.21. The molecular formula is C22H24N4O2S. The molecule has 1 aromatic heterocycles. The molecule has 0 bridgehead atoms. The van der Waals surface area contributed by atoms with Gasteiger partial charge in [-0.05, 0) is 44.0 Å². The summed E-state index contributed by atoms with van der Waals surface area (Å²) in [4.78, 5) is 9.23. The lowest BCUT2D eigenvalue weighted by atomic mass is 10.1. The summed E-state index contributed by atoms with van der Waals surface area (Å²) in [6.07, 6.45) is 0. The van der Waals surface area contributed by atoms with Gasteiger partial charge in [-0.15, -0.1) is 0 Å². The van der Waals surface area contributed by atoms with Crippen LogP contribution in [0.3, 0.4) is 0 Å². The maximum Gasteiger partial charge on any atom is 0.200 e. The van der Waals surface area contributed by atoms with Crippen LogP contribution in [0.25, 0.3) is 11.0 Å². The van der Waals surface area contributed by atoms with Gasteiger partial charge in [-0.2, -0.15) is 5.26 Å². The zero-order valence-electron chi connectivity index (χ0n) is 16.9. The molecule has 29 heavy (non-hydrogen) atoms. The van der Waals surface area contributed by atoms with E-state index in [1.54, 1.807) is 24.3 Å². The molecule has 0 radical (unpaired) electrons. The van der Waals surface area contributed by atoms with Gasteiger partial charge in [0.05, 0.1) is 22.0 Å². The first-order chi connectivity index (χ1) is 13.7. The van der Waals surface area contributed by atoms with Gasteiger partial charge < -0.3 is 5.32 Å². The fraction of sp³-hybridized carbons (Fsp3) is 0.318. The van der Waals surface area contributed by atoms with Gasteiger partial charge in [0.25, 0.3) is 0 Å². The third-order valence-electron chi connectivity index (χ3n) is 4.99. The van der Waals surface area contributed by atoms with E-state index in [1.807, 2.05) is 32.0 Å². The highest BCUT2D eigenvalue weighted by molar-refractivity contribution is 7.92. The number of benzene rings is 2. The van der Waals surface area contributed by atoms with Crippen molar-refractivity contribution in [1.82, 2.24) is 9.97 Å². The Balaban J connectivity index is 2.19. The van der Waals surface area contributed by atoms with E-state index in [-0.39, 0.29) is 22.5 Å². The molecule has 3 aromatic rings. The molecule has 0 spiro atoms. The van der Waals surface area contributed by atoms with E-state index in [1.165, 1.54) is 12.1 Å². The van der Waals surface area contributed by atoms with Crippen molar-refractivity contribution in [2.75, 3.05) is 5.32 Å². The maximum atomic E-state index is 13.3. The van der Waals surface area contributed by atoms with Crippen LogP contribution in [0.2, 0.25) is 0 Å². The van der Waals surface area contributed by atoms with E-state index in [0.717, 1.165) is 5.56 Å². The lowest BCUT2D eigenvalue weighted by Crippen LogP contribution is -2.25. The average Bonchev–Trinajstić information content (AvgIpc) is 2.68. The molecule has 0 aliphatic carbocycles. The van der Waals surface area contributed by atoms with Gasteiger partial charge in [0, 0.05) is 6.04 Å². The molecule has 2 atom stereocenters. The Morgan fingerprint density at radius 3 is 2.10 bits per heavy atom. The highest BCUT2D eigenvalue weighted by Crippen LogP contribution is 2.33. The average molecular weight is 409 g/mol. The largest absolute Gasteiger partial charge is 0.366 e. The summed E-state index contributed by atoms with van der Waals surface area (Å²) >= 11 is 0. The van der Waals surface area contributed by atoms with Crippen LogP contribution in [0.1, 0.15) is 37.3 Å². The predicted molar refractivity (Wildman–Crippen MR) is 114 cm³/mol.